The lowest BCUT2D eigenvalue weighted by atomic mass is 9.91. The van der Waals surface area contributed by atoms with E-state index in [2.05, 4.69) is 13.8 Å². The van der Waals surface area contributed by atoms with Gasteiger partial charge in [0.2, 0.25) is 0 Å². The molecular weight excluding hydrogens is 215 g/mol. The van der Waals surface area contributed by atoms with Crippen molar-refractivity contribution in [1.82, 2.24) is 0 Å². The van der Waals surface area contributed by atoms with Gasteiger partial charge in [0, 0.05) is 0 Å². The average Bonchev–Trinajstić information content (AvgIpc) is 2.28. The molecule has 0 saturated carbocycles. The van der Waals surface area contributed by atoms with E-state index in [1.165, 1.54) is 6.07 Å². The zero-order chi connectivity index (χ0) is 12.6. The molecule has 1 N–H and O–H groups in total. The molecular formula is C15H17FO. The van der Waals surface area contributed by atoms with E-state index >= 15 is 0 Å². The first-order valence-corrected chi connectivity index (χ1v) is 5.98. The Morgan fingerprint density at radius 1 is 1.24 bits per heavy atom. The van der Waals surface area contributed by atoms with Gasteiger partial charge in [-0.25, -0.2) is 4.39 Å². The van der Waals surface area contributed by atoms with Crippen molar-refractivity contribution < 1.29 is 9.50 Å². The molecule has 2 aromatic rings. The third kappa shape index (κ3) is 1.99. The predicted octanol–water partition coefficient (Wildman–Crippen LogP) is 4.37. The molecule has 0 unspecified atom stereocenters. The molecule has 0 aliphatic rings. The van der Waals surface area contributed by atoms with Gasteiger partial charge in [-0.2, -0.15) is 0 Å². The van der Waals surface area contributed by atoms with E-state index in [4.69, 9.17) is 0 Å². The Balaban J connectivity index is 2.91. The van der Waals surface area contributed by atoms with E-state index in [0.717, 1.165) is 21.9 Å². The summed E-state index contributed by atoms with van der Waals surface area (Å²) < 4.78 is 13.8. The maximum Gasteiger partial charge on any atom is 0.127 e. The fourth-order valence-electron chi connectivity index (χ4n) is 2.34. The lowest BCUT2D eigenvalue weighted by Gasteiger charge is -2.15. The zero-order valence-corrected chi connectivity index (χ0v) is 10.4. The van der Waals surface area contributed by atoms with Gasteiger partial charge in [-0.3, -0.25) is 0 Å². The molecule has 0 aliphatic carbocycles. The molecule has 0 amide bonds. The second-order valence-electron chi connectivity index (χ2n) is 4.67. The summed E-state index contributed by atoms with van der Waals surface area (Å²) in [7, 11) is 0. The Kier molecular flexibility index (Phi) is 3.05. The third-order valence-corrected chi connectivity index (χ3v) is 3.16. The van der Waals surface area contributed by atoms with Crippen LogP contribution < -0.4 is 0 Å². The monoisotopic (exact) mass is 232 g/mol. The molecule has 2 aromatic carbocycles. The number of hydrogen-bond donors (Lipinski definition) is 1. The summed E-state index contributed by atoms with van der Waals surface area (Å²) in [6.45, 7) is 6.06. The number of phenols is 1. The van der Waals surface area contributed by atoms with Gasteiger partial charge in [0.15, 0.2) is 0 Å². The Bertz CT molecular complexity index is 558. The summed E-state index contributed by atoms with van der Waals surface area (Å²) in [5.74, 6) is 0.346. The number of hydrogen-bond acceptors (Lipinski definition) is 1. The van der Waals surface area contributed by atoms with E-state index in [1.54, 1.807) is 18.2 Å². The molecule has 0 fully saturated rings. The minimum atomic E-state index is -0.160. The third-order valence-electron chi connectivity index (χ3n) is 3.16. The topological polar surface area (TPSA) is 20.2 Å². The minimum Gasteiger partial charge on any atom is -0.508 e. The SMILES string of the molecule is CCc1c(F)ccc2cc(O)cc(C(C)C)c12. The molecule has 0 radical (unpaired) electrons. The van der Waals surface area contributed by atoms with Crippen molar-refractivity contribution in [3.63, 3.8) is 0 Å². The van der Waals surface area contributed by atoms with Crippen molar-refractivity contribution in [2.45, 2.75) is 33.1 Å². The van der Waals surface area contributed by atoms with Gasteiger partial charge in [0.25, 0.3) is 0 Å². The quantitative estimate of drug-likeness (QED) is 0.815. The van der Waals surface area contributed by atoms with Crippen LogP contribution in [0.4, 0.5) is 4.39 Å². The van der Waals surface area contributed by atoms with Crippen LogP contribution in [0.3, 0.4) is 0 Å². The van der Waals surface area contributed by atoms with Gasteiger partial charge in [0.05, 0.1) is 0 Å². The van der Waals surface area contributed by atoms with Crippen LogP contribution >= 0.6 is 0 Å². The number of benzene rings is 2. The maximum absolute atomic E-state index is 13.8. The molecule has 0 atom stereocenters. The van der Waals surface area contributed by atoms with E-state index < -0.39 is 0 Å². The van der Waals surface area contributed by atoms with Crippen LogP contribution in [0.5, 0.6) is 5.75 Å². The fourth-order valence-corrected chi connectivity index (χ4v) is 2.34. The highest BCUT2D eigenvalue weighted by Crippen LogP contribution is 2.33. The number of fused-ring (bicyclic) bond motifs is 1. The Labute approximate surface area is 101 Å². The van der Waals surface area contributed by atoms with Crippen LogP contribution in [0.15, 0.2) is 24.3 Å². The maximum atomic E-state index is 13.8. The average molecular weight is 232 g/mol. The standard InChI is InChI=1S/C15H17FO/c1-4-12-14(16)6-5-10-7-11(17)8-13(9(2)3)15(10)12/h5-9,17H,4H2,1-3H3. The number of phenolic OH excluding ortho intramolecular Hbond substituents is 1. The van der Waals surface area contributed by atoms with Crippen molar-refractivity contribution in [2.24, 2.45) is 0 Å². The van der Waals surface area contributed by atoms with Crippen LogP contribution in [0, 0.1) is 5.82 Å². The second-order valence-corrected chi connectivity index (χ2v) is 4.67. The Morgan fingerprint density at radius 3 is 2.53 bits per heavy atom. The summed E-state index contributed by atoms with van der Waals surface area (Å²) in [5.41, 5.74) is 1.75. The number of aryl methyl sites for hydroxylation is 1. The van der Waals surface area contributed by atoms with E-state index in [0.29, 0.717) is 6.42 Å². The molecule has 0 aromatic heterocycles. The van der Waals surface area contributed by atoms with Crippen molar-refractivity contribution in [3.8, 4) is 5.75 Å². The lowest BCUT2D eigenvalue weighted by Crippen LogP contribution is -1.96. The summed E-state index contributed by atoms with van der Waals surface area (Å²) in [6, 6.07) is 6.64. The molecule has 90 valence electrons. The van der Waals surface area contributed by atoms with Gasteiger partial charge < -0.3 is 5.11 Å². The van der Waals surface area contributed by atoms with Gasteiger partial charge in [-0.05, 0) is 52.4 Å². The Morgan fingerprint density at radius 2 is 1.94 bits per heavy atom. The molecule has 0 bridgehead atoms. The van der Waals surface area contributed by atoms with Crippen LogP contribution in [0.2, 0.25) is 0 Å². The fraction of sp³-hybridized carbons (Fsp3) is 0.333. The van der Waals surface area contributed by atoms with E-state index in [9.17, 15) is 9.50 Å². The Hall–Kier alpha value is -1.57. The van der Waals surface area contributed by atoms with Crippen molar-refractivity contribution >= 4 is 10.8 Å². The predicted molar refractivity (Wildman–Crippen MR) is 69.0 cm³/mol. The summed E-state index contributed by atoms with van der Waals surface area (Å²) in [5, 5.41) is 11.6. The van der Waals surface area contributed by atoms with Gasteiger partial charge >= 0.3 is 0 Å². The highest BCUT2D eigenvalue weighted by Gasteiger charge is 2.13. The first-order valence-electron chi connectivity index (χ1n) is 5.98. The van der Waals surface area contributed by atoms with Crippen molar-refractivity contribution in [1.29, 1.82) is 0 Å². The van der Waals surface area contributed by atoms with E-state index in [-0.39, 0.29) is 17.5 Å². The van der Waals surface area contributed by atoms with Crippen LogP contribution in [-0.2, 0) is 6.42 Å². The highest BCUT2D eigenvalue weighted by molar-refractivity contribution is 5.90. The molecule has 0 heterocycles. The molecule has 1 nitrogen and oxygen atoms in total. The van der Waals surface area contributed by atoms with Crippen molar-refractivity contribution in [2.75, 3.05) is 0 Å². The number of aromatic hydroxyl groups is 1. The summed E-state index contributed by atoms with van der Waals surface area (Å²) >= 11 is 0. The normalized spacial score (nSPS) is 11.4. The number of halogens is 1. The molecule has 2 rings (SSSR count). The minimum absolute atomic E-state index is 0.160. The second kappa shape index (κ2) is 4.36. The molecule has 17 heavy (non-hydrogen) atoms. The largest absolute Gasteiger partial charge is 0.508 e. The zero-order valence-electron chi connectivity index (χ0n) is 10.4. The lowest BCUT2D eigenvalue weighted by molar-refractivity contribution is 0.475. The van der Waals surface area contributed by atoms with Crippen LogP contribution in [0.1, 0.15) is 37.8 Å². The van der Waals surface area contributed by atoms with Gasteiger partial charge in [-0.15, -0.1) is 0 Å². The molecule has 0 spiro atoms. The van der Waals surface area contributed by atoms with Crippen molar-refractivity contribution in [3.05, 3.63) is 41.2 Å². The van der Waals surface area contributed by atoms with Crippen LogP contribution in [-0.4, -0.2) is 5.11 Å². The van der Waals surface area contributed by atoms with Crippen LogP contribution in [0.25, 0.3) is 10.8 Å². The molecule has 0 saturated heterocycles. The highest BCUT2D eigenvalue weighted by atomic mass is 19.1. The molecule has 2 heteroatoms. The summed E-state index contributed by atoms with van der Waals surface area (Å²) in [4.78, 5) is 0. The van der Waals surface area contributed by atoms with E-state index in [1.807, 2.05) is 6.92 Å². The number of rotatable bonds is 2. The van der Waals surface area contributed by atoms with Gasteiger partial charge in [0.1, 0.15) is 11.6 Å². The smallest absolute Gasteiger partial charge is 0.127 e. The molecule has 0 aliphatic heterocycles. The first-order chi connectivity index (χ1) is 8.04. The summed E-state index contributed by atoms with van der Waals surface area (Å²) in [6.07, 6.45) is 0.660. The first kappa shape index (κ1) is 11.9. The van der Waals surface area contributed by atoms with Gasteiger partial charge in [-0.1, -0.05) is 26.8 Å².